The van der Waals surface area contributed by atoms with Crippen LogP contribution < -0.4 is 0 Å². The van der Waals surface area contributed by atoms with E-state index in [-0.39, 0.29) is 18.9 Å². The quantitative estimate of drug-likeness (QED) is 0.576. The molecule has 0 rings (SSSR count). The molecule has 0 atom stereocenters. The van der Waals surface area contributed by atoms with E-state index in [0.29, 0.717) is 0 Å². The number of Topliss-reactive ketones (excluding diaryl/α,β-unsaturated/α-hetero) is 1. The van der Waals surface area contributed by atoms with Gasteiger partial charge in [-0.1, -0.05) is 0 Å². The maximum atomic E-state index is 12.3. The van der Waals surface area contributed by atoms with Crippen molar-refractivity contribution < 1.29 is 57.5 Å². The first-order valence-electron chi connectivity index (χ1n) is 3.72. The van der Waals surface area contributed by atoms with Crippen molar-refractivity contribution in [1.82, 2.24) is 0 Å². The zero-order chi connectivity index (χ0) is 16.1. The van der Waals surface area contributed by atoms with Gasteiger partial charge in [0.15, 0.2) is 0 Å². The molecule has 0 saturated heterocycles. The van der Waals surface area contributed by atoms with E-state index in [0.717, 1.165) is 0 Å². The Balaban J connectivity index is 0. The summed E-state index contributed by atoms with van der Waals surface area (Å²) >= 11 is 0. The molecule has 14 heteroatoms. The van der Waals surface area contributed by atoms with E-state index >= 15 is 0 Å². The molecule has 20 heavy (non-hydrogen) atoms. The van der Waals surface area contributed by atoms with Crippen LogP contribution in [0.25, 0.3) is 0 Å². The molecule has 0 bridgehead atoms. The number of ketones is 1. The molecule has 1 radical (unpaired) electrons. The smallest absolute Gasteiger partial charge is 0.282 e. The van der Waals surface area contributed by atoms with Crippen molar-refractivity contribution in [2.24, 2.45) is 0 Å². The average molecular weight is 323 g/mol. The van der Waals surface area contributed by atoms with Gasteiger partial charge in [0, 0.05) is 18.9 Å². The van der Waals surface area contributed by atoms with E-state index in [2.05, 4.69) is 0 Å². The van der Waals surface area contributed by atoms with E-state index in [4.69, 9.17) is 0 Å². The Morgan fingerprint density at radius 2 is 0.900 bits per heavy atom. The molecule has 0 aromatic heterocycles. The summed E-state index contributed by atoms with van der Waals surface area (Å²) in [5.74, 6) is -27.1. The fraction of sp³-hybridized carbons (Fsp3) is 0.833. The maximum Gasteiger partial charge on any atom is 0.460 e. The minimum absolute atomic E-state index is 0. The first-order valence-corrected chi connectivity index (χ1v) is 3.72. The second-order valence-electron chi connectivity index (χ2n) is 3.05. The van der Waals surface area contributed by atoms with Gasteiger partial charge in [-0.2, -0.15) is 52.7 Å². The van der Waals surface area contributed by atoms with Crippen LogP contribution in [-0.2, 0) is 4.79 Å². The SMILES string of the molecule is O=C(C(F)(F)F)C(F)(F)C(F)(F)C(F)(F)C(F)(F)F.[Li]. The van der Waals surface area contributed by atoms with Crippen molar-refractivity contribution in [3.63, 3.8) is 0 Å². The molecule has 0 fully saturated rings. The summed E-state index contributed by atoms with van der Waals surface area (Å²) in [7, 11) is 0. The normalized spacial score (nSPS) is 14.8. The summed E-state index contributed by atoms with van der Waals surface area (Å²) in [6, 6.07) is 0. The molecule has 0 unspecified atom stereocenters. The molecule has 0 amide bonds. The number of carbonyl (C=O) groups excluding carboxylic acids is 1. The Morgan fingerprint density at radius 3 is 1.10 bits per heavy atom. The summed E-state index contributed by atoms with van der Waals surface area (Å²) in [5.41, 5.74) is 0. The van der Waals surface area contributed by atoms with Crippen LogP contribution in [0.1, 0.15) is 0 Å². The average Bonchev–Trinajstić information content (AvgIpc) is 2.12. The van der Waals surface area contributed by atoms with Crippen LogP contribution in [0, 0.1) is 0 Å². The van der Waals surface area contributed by atoms with Crippen molar-refractivity contribution in [1.29, 1.82) is 0 Å². The fourth-order valence-electron chi connectivity index (χ4n) is 0.696. The number of alkyl halides is 12. The summed E-state index contributed by atoms with van der Waals surface area (Å²) < 4.78 is 142. The number of carbonyl (C=O) groups is 1. The van der Waals surface area contributed by atoms with E-state index in [1.165, 1.54) is 0 Å². The van der Waals surface area contributed by atoms with Gasteiger partial charge in [0.25, 0.3) is 0 Å². The molecule has 0 heterocycles. The zero-order valence-electron chi connectivity index (χ0n) is 8.94. The van der Waals surface area contributed by atoms with Gasteiger partial charge in [-0.05, 0) is 0 Å². The van der Waals surface area contributed by atoms with Crippen LogP contribution in [0.4, 0.5) is 52.7 Å². The van der Waals surface area contributed by atoms with Gasteiger partial charge in [0.1, 0.15) is 0 Å². The summed E-state index contributed by atoms with van der Waals surface area (Å²) in [6.07, 6.45) is -14.0. The maximum absolute atomic E-state index is 12.3. The first-order chi connectivity index (χ1) is 7.90. The summed E-state index contributed by atoms with van der Waals surface area (Å²) in [4.78, 5) is 9.85. The van der Waals surface area contributed by atoms with Gasteiger partial charge in [-0.25, -0.2) is 0 Å². The van der Waals surface area contributed by atoms with Gasteiger partial charge in [-0.3, -0.25) is 4.79 Å². The molecule has 0 aromatic carbocycles. The van der Waals surface area contributed by atoms with E-state index in [9.17, 15) is 57.5 Å². The van der Waals surface area contributed by atoms with E-state index in [1.54, 1.807) is 0 Å². The minimum atomic E-state index is -7.61. The summed E-state index contributed by atoms with van der Waals surface area (Å²) in [6.45, 7) is 0. The summed E-state index contributed by atoms with van der Waals surface area (Å²) in [5, 5.41) is 0. The third-order valence-electron chi connectivity index (χ3n) is 1.69. The first kappa shape index (κ1) is 21.7. The van der Waals surface area contributed by atoms with E-state index in [1.807, 2.05) is 0 Å². The predicted molar refractivity (Wildman–Crippen MR) is 37.7 cm³/mol. The van der Waals surface area contributed by atoms with Crippen molar-refractivity contribution in [2.45, 2.75) is 30.1 Å². The Kier molecular flexibility index (Phi) is 5.78. The molecule has 0 aliphatic carbocycles. The van der Waals surface area contributed by atoms with Crippen molar-refractivity contribution in [2.75, 3.05) is 0 Å². The van der Waals surface area contributed by atoms with Crippen LogP contribution in [0.2, 0.25) is 0 Å². The molecule has 1 nitrogen and oxygen atoms in total. The van der Waals surface area contributed by atoms with Crippen LogP contribution in [0.5, 0.6) is 0 Å². The number of hydrogen-bond donors (Lipinski definition) is 0. The molecule has 0 spiro atoms. The molecule has 0 aromatic rings. The Bertz CT molecular complexity index is 365. The van der Waals surface area contributed by atoms with Gasteiger partial charge in [0.05, 0.1) is 0 Å². The Labute approximate surface area is 113 Å². The predicted octanol–water partition coefficient (Wildman–Crippen LogP) is 3.21. The van der Waals surface area contributed by atoms with Crippen LogP contribution in [-0.4, -0.2) is 54.8 Å². The van der Waals surface area contributed by atoms with Gasteiger partial charge in [-0.15, -0.1) is 0 Å². The van der Waals surface area contributed by atoms with Crippen LogP contribution in [0.15, 0.2) is 0 Å². The van der Waals surface area contributed by atoms with Crippen molar-refractivity contribution in [3.05, 3.63) is 0 Å². The second kappa shape index (κ2) is 5.32. The molecule has 0 aliphatic rings. The topological polar surface area (TPSA) is 17.1 Å². The molecule has 0 aliphatic heterocycles. The van der Waals surface area contributed by atoms with Gasteiger partial charge in [0.2, 0.25) is 0 Å². The fourth-order valence-corrected chi connectivity index (χ4v) is 0.696. The molecule has 0 saturated carbocycles. The van der Waals surface area contributed by atoms with E-state index < -0.39 is 35.9 Å². The Morgan fingerprint density at radius 1 is 0.600 bits per heavy atom. The van der Waals surface area contributed by atoms with Crippen LogP contribution in [0.3, 0.4) is 0 Å². The van der Waals surface area contributed by atoms with Gasteiger partial charge < -0.3 is 0 Å². The third kappa shape index (κ3) is 3.18. The monoisotopic (exact) mass is 323 g/mol. The largest absolute Gasteiger partial charge is 0.460 e. The molecular formula is C6F12LiO. The van der Waals surface area contributed by atoms with Gasteiger partial charge >= 0.3 is 35.9 Å². The second-order valence-corrected chi connectivity index (χ2v) is 3.05. The zero-order valence-corrected chi connectivity index (χ0v) is 8.94. The minimum Gasteiger partial charge on any atom is -0.282 e. The molecule has 0 N–H and O–H groups in total. The van der Waals surface area contributed by atoms with Crippen molar-refractivity contribution >= 4 is 24.6 Å². The Hall–Kier alpha value is -0.573. The molecular weight excluding hydrogens is 323 g/mol. The van der Waals surface area contributed by atoms with Crippen LogP contribution >= 0.6 is 0 Å². The molecule has 115 valence electrons. The van der Waals surface area contributed by atoms with Crippen molar-refractivity contribution in [3.8, 4) is 0 Å². The number of hydrogen-bond acceptors (Lipinski definition) is 1. The number of halogens is 12. The number of rotatable bonds is 3. The standard InChI is InChI=1S/C6F12O.Li/c7-2(8,1(19)3(9,10)11)4(12,13)5(14,15)6(16,17)18;. The third-order valence-corrected chi connectivity index (χ3v) is 1.69.